The zero-order valence-corrected chi connectivity index (χ0v) is 10.7. The van der Waals surface area contributed by atoms with E-state index in [0.717, 1.165) is 5.39 Å². The molecule has 0 saturated heterocycles. The molecule has 19 heavy (non-hydrogen) atoms. The quantitative estimate of drug-likeness (QED) is 0.723. The first-order valence-corrected chi connectivity index (χ1v) is 7.06. The lowest BCUT2D eigenvalue weighted by atomic mass is 10.3. The molecule has 0 saturated carbocycles. The maximum atomic E-state index is 12.5. The molecule has 0 unspecified atom stereocenters. The van der Waals surface area contributed by atoms with E-state index in [0.29, 0.717) is 11.3 Å². The minimum absolute atomic E-state index is 0.185. The lowest BCUT2D eigenvalue weighted by molar-refractivity contribution is 0.589. The Labute approximate surface area is 110 Å². The molecule has 0 aliphatic carbocycles. The topological polar surface area (TPSA) is 78.0 Å². The lowest BCUT2D eigenvalue weighted by Crippen LogP contribution is -2.12. The number of benzene rings is 1. The Bertz CT molecular complexity index is 836. The Morgan fingerprint density at radius 2 is 1.79 bits per heavy atom. The number of hydrogen-bond donors (Lipinski definition) is 1. The lowest BCUT2D eigenvalue weighted by Gasteiger charge is -2.07. The third kappa shape index (κ3) is 1.86. The van der Waals surface area contributed by atoms with Crippen molar-refractivity contribution in [3.05, 3.63) is 54.9 Å². The summed E-state index contributed by atoms with van der Waals surface area (Å²) < 4.78 is 26.2. The van der Waals surface area contributed by atoms with Gasteiger partial charge in [0, 0.05) is 23.5 Å². The van der Waals surface area contributed by atoms with Gasteiger partial charge in [0.2, 0.25) is 0 Å². The fourth-order valence-corrected chi connectivity index (χ4v) is 3.20. The number of anilines is 1. The van der Waals surface area contributed by atoms with Crippen LogP contribution >= 0.6 is 0 Å². The van der Waals surface area contributed by atoms with E-state index in [2.05, 4.69) is 4.98 Å². The molecule has 3 aromatic rings. The molecule has 0 spiro atoms. The molecule has 0 radical (unpaired) electrons. The summed E-state index contributed by atoms with van der Waals surface area (Å²) in [6, 6.07) is 11.4. The highest BCUT2D eigenvalue weighted by Crippen LogP contribution is 2.20. The van der Waals surface area contributed by atoms with Crippen molar-refractivity contribution in [2.24, 2.45) is 0 Å². The zero-order chi connectivity index (χ0) is 13.5. The summed E-state index contributed by atoms with van der Waals surface area (Å²) >= 11 is 0. The van der Waals surface area contributed by atoms with E-state index in [-0.39, 0.29) is 4.90 Å². The molecule has 0 atom stereocenters. The van der Waals surface area contributed by atoms with Gasteiger partial charge in [-0.25, -0.2) is 17.4 Å². The fraction of sp³-hybridized carbons (Fsp3) is 0. The van der Waals surface area contributed by atoms with E-state index < -0.39 is 10.0 Å². The van der Waals surface area contributed by atoms with E-state index >= 15 is 0 Å². The number of nitrogens with zero attached hydrogens (tertiary/aromatic N) is 2. The van der Waals surface area contributed by atoms with E-state index in [9.17, 15) is 8.42 Å². The summed E-state index contributed by atoms with van der Waals surface area (Å²) in [4.78, 5) is 4.29. The second kappa shape index (κ2) is 4.10. The van der Waals surface area contributed by atoms with Crippen molar-refractivity contribution >= 4 is 26.7 Å². The fourth-order valence-electron chi connectivity index (χ4n) is 1.89. The molecule has 2 heterocycles. The molecule has 1 aromatic carbocycles. The number of rotatable bonds is 2. The van der Waals surface area contributed by atoms with Gasteiger partial charge in [-0.1, -0.05) is 0 Å². The van der Waals surface area contributed by atoms with Crippen LogP contribution in [0.4, 0.5) is 5.69 Å². The van der Waals surface area contributed by atoms with Crippen molar-refractivity contribution in [2.45, 2.75) is 4.90 Å². The van der Waals surface area contributed by atoms with Gasteiger partial charge in [0.25, 0.3) is 10.0 Å². The molecular formula is C13H11N3O2S. The Hall–Kier alpha value is -2.34. The van der Waals surface area contributed by atoms with E-state index in [1.54, 1.807) is 30.5 Å². The molecule has 0 amide bonds. The third-order valence-corrected chi connectivity index (χ3v) is 4.53. The number of pyridine rings is 1. The smallest absolute Gasteiger partial charge is 0.269 e. The number of fused-ring (bicyclic) bond motifs is 1. The van der Waals surface area contributed by atoms with Gasteiger partial charge in [0.15, 0.2) is 5.65 Å². The first-order chi connectivity index (χ1) is 9.09. The maximum Gasteiger partial charge on any atom is 0.269 e. The Morgan fingerprint density at radius 3 is 2.53 bits per heavy atom. The minimum Gasteiger partial charge on any atom is -0.399 e. The van der Waals surface area contributed by atoms with Crippen LogP contribution in [-0.2, 0) is 10.0 Å². The maximum absolute atomic E-state index is 12.5. The molecule has 0 fully saturated rings. The second-order valence-electron chi connectivity index (χ2n) is 4.10. The predicted octanol–water partition coefficient (Wildman–Crippen LogP) is 1.86. The van der Waals surface area contributed by atoms with Gasteiger partial charge in [0.05, 0.1) is 4.90 Å². The molecule has 3 rings (SSSR count). The average Bonchev–Trinajstić information content (AvgIpc) is 2.83. The van der Waals surface area contributed by atoms with Crippen molar-refractivity contribution < 1.29 is 8.42 Å². The number of nitrogens with two attached hydrogens (primary N) is 1. The second-order valence-corrected chi connectivity index (χ2v) is 5.92. The Kier molecular flexibility index (Phi) is 2.53. The van der Waals surface area contributed by atoms with Crippen molar-refractivity contribution in [1.29, 1.82) is 0 Å². The predicted molar refractivity (Wildman–Crippen MR) is 73.2 cm³/mol. The van der Waals surface area contributed by atoms with Gasteiger partial charge in [0.1, 0.15) is 0 Å². The summed E-state index contributed by atoms with van der Waals surface area (Å²) in [5.41, 5.74) is 6.50. The van der Waals surface area contributed by atoms with Gasteiger partial charge in [-0.2, -0.15) is 0 Å². The van der Waals surface area contributed by atoms with E-state index in [1.807, 2.05) is 6.07 Å². The van der Waals surface area contributed by atoms with Crippen LogP contribution in [0.15, 0.2) is 59.8 Å². The highest BCUT2D eigenvalue weighted by Gasteiger charge is 2.18. The van der Waals surface area contributed by atoms with Gasteiger partial charge >= 0.3 is 0 Å². The monoisotopic (exact) mass is 273 g/mol. The third-order valence-electron chi connectivity index (χ3n) is 2.85. The SMILES string of the molecule is Nc1ccc(S(=O)(=O)n2ccc3cccnc32)cc1. The van der Waals surface area contributed by atoms with Crippen LogP contribution in [0.2, 0.25) is 0 Å². The number of nitrogen functional groups attached to an aromatic ring is 1. The van der Waals surface area contributed by atoms with Crippen molar-refractivity contribution in [3.63, 3.8) is 0 Å². The first-order valence-electron chi connectivity index (χ1n) is 5.62. The summed E-state index contributed by atoms with van der Waals surface area (Å²) in [6.07, 6.45) is 3.07. The molecule has 96 valence electrons. The van der Waals surface area contributed by atoms with E-state index in [1.165, 1.54) is 22.3 Å². The molecular weight excluding hydrogens is 262 g/mol. The van der Waals surface area contributed by atoms with Crippen LogP contribution in [0.5, 0.6) is 0 Å². The summed E-state index contributed by atoms with van der Waals surface area (Å²) in [7, 11) is -3.64. The van der Waals surface area contributed by atoms with Crippen LogP contribution < -0.4 is 5.73 Å². The van der Waals surface area contributed by atoms with Crippen LogP contribution in [0.25, 0.3) is 11.0 Å². The minimum atomic E-state index is -3.64. The molecule has 5 nitrogen and oxygen atoms in total. The van der Waals surface area contributed by atoms with Gasteiger partial charge in [-0.05, 0) is 42.5 Å². The molecule has 2 aromatic heterocycles. The molecule has 0 aliphatic rings. The molecule has 0 bridgehead atoms. The summed E-state index contributed by atoms with van der Waals surface area (Å²) in [5, 5.41) is 0.779. The number of aromatic nitrogens is 2. The van der Waals surface area contributed by atoms with Crippen LogP contribution in [-0.4, -0.2) is 17.4 Å². The number of hydrogen-bond acceptors (Lipinski definition) is 4. The van der Waals surface area contributed by atoms with Crippen LogP contribution in [0.1, 0.15) is 0 Å². The van der Waals surface area contributed by atoms with Gasteiger partial charge in [-0.3, -0.25) is 0 Å². The molecule has 0 aliphatic heterocycles. The van der Waals surface area contributed by atoms with Crippen LogP contribution in [0, 0.1) is 0 Å². The highest BCUT2D eigenvalue weighted by molar-refractivity contribution is 7.90. The zero-order valence-electron chi connectivity index (χ0n) is 9.89. The van der Waals surface area contributed by atoms with Crippen molar-refractivity contribution in [3.8, 4) is 0 Å². The highest BCUT2D eigenvalue weighted by atomic mass is 32.2. The molecule has 2 N–H and O–H groups in total. The Balaban J connectivity index is 2.22. The van der Waals surface area contributed by atoms with Gasteiger partial charge < -0.3 is 5.73 Å². The summed E-state index contributed by atoms with van der Waals surface area (Å²) in [5.74, 6) is 0. The first kappa shape index (κ1) is 11.7. The molecule has 6 heteroatoms. The van der Waals surface area contributed by atoms with Gasteiger partial charge in [-0.15, -0.1) is 0 Å². The van der Waals surface area contributed by atoms with E-state index in [4.69, 9.17) is 5.73 Å². The van der Waals surface area contributed by atoms with Crippen molar-refractivity contribution in [2.75, 3.05) is 5.73 Å². The Morgan fingerprint density at radius 1 is 1.05 bits per heavy atom. The standard InChI is InChI=1S/C13H11N3O2S/c14-11-3-5-12(6-4-11)19(17,18)16-9-7-10-2-1-8-15-13(10)16/h1-9H,14H2. The normalized spacial score (nSPS) is 11.8. The van der Waals surface area contributed by atoms with Crippen molar-refractivity contribution in [1.82, 2.24) is 8.96 Å². The van der Waals surface area contributed by atoms with Crippen LogP contribution in [0.3, 0.4) is 0 Å². The largest absolute Gasteiger partial charge is 0.399 e. The average molecular weight is 273 g/mol. The summed E-state index contributed by atoms with van der Waals surface area (Å²) in [6.45, 7) is 0.